The summed E-state index contributed by atoms with van der Waals surface area (Å²) in [5, 5.41) is 9.08. The number of hydrogen-bond acceptors (Lipinski definition) is 2. The third-order valence-corrected chi connectivity index (χ3v) is 3.98. The Labute approximate surface area is 127 Å². The van der Waals surface area contributed by atoms with Gasteiger partial charge in [0.15, 0.2) is 6.23 Å². The maximum absolute atomic E-state index is 14.4. The summed E-state index contributed by atoms with van der Waals surface area (Å²) in [7, 11) is 1.45. The Morgan fingerprint density at radius 3 is 2.73 bits per heavy atom. The van der Waals surface area contributed by atoms with Crippen molar-refractivity contribution in [2.75, 3.05) is 7.05 Å². The van der Waals surface area contributed by atoms with Crippen LogP contribution in [0.3, 0.4) is 0 Å². The summed E-state index contributed by atoms with van der Waals surface area (Å²) < 4.78 is 20.1. The fourth-order valence-corrected chi connectivity index (χ4v) is 2.71. The predicted octanol–water partition coefficient (Wildman–Crippen LogP) is 3.67. The monoisotopic (exact) mass is 301 g/mol. The molecule has 1 aliphatic heterocycles. The van der Waals surface area contributed by atoms with Crippen LogP contribution >= 0.6 is 0 Å². The van der Waals surface area contributed by atoms with Crippen molar-refractivity contribution in [3.8, 4) is 16.9 Å². The van der Waals surface area contributed by atoms with Crippen LogP contribution in [0, 0.1) is 12.7 Å². The van der Waals surface area contributed by atoms with Gasteiger partial charge in [0, 0.05) is 19.0 Å². The molecule has 1 amide bonds. The Bertz CT molecular complexity index is 745. The predicted molar refractivity (Wildman–Crippen MR) is 80.5 cm³/mol. The van der Waals surface area contributed by atoms with Crippen LogP contribution in [0.5, 0.6) is 5.75 Å². The van der Waals surface area contributed by atoms with Gasteiger partial charge in [-0.25, -0.2) is 9.18 Å². The molecule has 114 valence electrons. The van der Waals surface area contributed by atoms with E-state index < -0.39 is 12.3 Å². The average molecular weight is 301 g/mol. The van der Waals surface area contributed by atoms with E-state index in [-0.39, 0.29) is 5.82 Å². The topological polar surface area (TPSA) is 49.8 Å². The van der Waals surface area contributed by atoms with Gasteiger partial charge >= 0.3 is 6.09 Å². The largest absolute Gasteiger partial charge is 0.469 e. The molecule has 0 aromatic heterocycles. The average Bonchev–Trinajstić information content (AvgIpc) is 2.91. The number of ether oxygens (including phenoxy) is 1. The van der Waals surface area contributed by atoms with E-state index in [1.54, 1.807) is 6.07 Å². The summed E-state index contributed by atoms with van der Waals surface area (Å²) in [6.45, 7) is 1.91. The molecule has 22 heavy (non-hydrogen) atoms. The molecule has 1 aliphatic rings. The van der Waals surface area contributed by atoms with Gasteiger partial charge in [-0.05, 0) is 24.1 Å². The van der Waals surface area contributed by atoms with Crippen LogP contribution in [0.4, 0.5) is 9.18 Å². The number of halogens is 1. The fourth-order valence-electron chi connectivity index (χ4n) is 2.71. The van der Waals surface area contributed by atoms with Crippen LogP contribution in [0.15, 0.2) is 36.4 Å². The minimum atomic E-state index is -1.07. The Morgan fingerprint density at radius 2 is 2.05 bits per heavy atom. The van der Waals surface area contributed by atoms with Crippen LogP contribution in [0.2, 0.25) is 0 Å². The fraction of sp³-hybridized carbons (Fsp3) is 0.235. The van der Waals surface area contributed by atoms with Gasteiger partial charge in [0.25, 0.3) is 0 Å². The summed E-state index contributed by atoms with van der Waals surface area (Å²) in [6, 6.07) is 10.5. The lowest BCUT2D eigenvalue weighted by Crippen LogP contribution is -2.38. The van der Waals surface area contributed by atoms with Crippen LogP contribution in [0.25, 0.3) is 11.1 Å². The van der Waals surface area contributed by atoms with Crippen molar-refractivity contribution in [1.29, 1.82) is 0 Å². The Hall–Kier alpha value is -2.56. The molecule has 1 atom stereocenters. The lowest BCUT2D eigenvalue weighted by atomic mass is 9.97. The van der Waals surface area contributed by atoms with Gasteiger partial charge in [-0.3, -0.25) is 4.90 Å². The van der Waals surface area contributed by atoms with Crippen molar-refractivity contribution in [1.82, 2.24) is 4.90 Å². The highest BCUT2D eigenvalue weighted by atomic mass is 19.1. The van der Waals surface area contributed by atoms with Gasteiger partial charge in [0.1, 0.15) is 11.6 Å². The Balaban J connectivity index is 2.08. The van der Waals surface area contributed by atoms with Gasteiger partial charge in [0.2, 0.25) is 0 Å². The maximum Gasteiger partial charge on any atom is 0.409 e. The number of nitrogens with zero attached hydrogens (tertiary/aromatic N) is 1. The van der Waals surface area contributed by atoms with Gasteiger partial charge < -0.3 is 9.84 Å². The summed E-state index contributed by atoms with van der Waals surface area (Å²) in [5.74, 6) is 0.0686. The standard InChI is InChI=1S/C17H16FNO3/c1-10-5-3-4-6-12(10)15-13(18)8-7-11-9-14(22-16(11)15)19(2)17(20)21/h3-8,14H,9H2,1-2H3,(H,20,21). The number of fused-ring (bicyclic) bond motifs is 1. The van der Waals surface area contributed by atoms with Gasteiger partial charge in [-0.15, -0.1) is 0 Å². The van der Waals surface area contributed by atoms with Crippen LogP contribution < -0.4 is 4.74 Å². The number of aryl methyl sites for hydroxylation is 1. The molecule has 0 aliphatic carbocycles. The van der Waals surface area contributed by atoms with Crippen molar-refractivity contribution < 1.29 is 19.0 Å². The SMILES string of the molecule is Cc1ccccc1-c1c(F)ccc2c1OC(N(C)C(=O)O)C2. The van der Waals surface area contributed by atoms with Crippen molar-refractivity contribution >= 4 is 6.09 Å². The lowest BCUT2D eigenvalue weighted by Gasteiger charge is -2.21. The zero-order valence-electron chi connectivity index (χ0n) is 12.3. The molecule has 1 N–H and O–H groups in total. The minimum absolute atomic E-state index is 0.369. The number of rotatable bonds is 2. The minimum Gasteiger partial charge on any atom is -0.469 e. The number of benzene rings is 2. The van der Waals surface area contributed by atoms with Crippen molar-refractivity contribution in [3.63, 3.8) is 0 Å². The molecule has 0 saturated carbocycles. The van der Waals surface area contributed by atoms with E-state index in [1.807, 2.05) is 31.2 Å². The second-order valence-corrected chi connectivity index (χ2v) is 5.40. The number of amides is 1. The molecule has 0 spiro atoms. The van der Waals surface area contributed by atoms with Crippen LogP contribution in [0.1, 0.15) is 11.1 Å². The van der Waals surface area contributed by atoms with Crippen LogP contribution in [-0.2, 0) is 6.42 Å². The molecular weight excluding hydrogens is 285 g/mol. The third-order valence-electron chi connectivity index (χ3n) is 3.98. The quantitative estimate of drug-likeness (QED) is 0.920. The molecule has 3 rings (SSSR count). The third kappa shape index (κ3) is 2.28. The molecule has 2 aromatic rings. The number of carboxylic acid groups (broad SMARTS) is 1. The first-order chi connectivity index (χ1) is 10.5. The van der Waals surface area contributed by atoms with E-state index in [9.17, 15) is 9.18 Å². The molecule has 0 radical (unpaired) electrons. The molecular formula is C17H16FNO3. The molecule has 1 unspecified atom stereocenters. The molecule has 1 heterocycles. The Kier molecular flexibility index (Phi) is 3.48. The van der Waals surface area contributed by atoms with Gasteiger partial charge in [0.05, 0.1) is 5.56 Å². The first-order valence-electron chi connectivity index (χ1n) is 6.99. The second kappa shape index (κ2) is 5.33. The van der Waals surface area contributed by atoms with E-state index in [2.05, 4.69) is 0 Å². The van der Waals surface area contributed by atoms with E-state index in [0.29, 0.717) is 17.7 Å². The van der Waals surface area contributed by atoms with Crippen molar-refractivity contribution in [3.05, 3.63) is 53.3 Å². The van der Waals surface area contributed by atoms with E-state index >= 15 is 0 Å². The number of likely N-dealkylation sites (N-methyl/N-ethyl adjacent to an activating group) is 1. The first-order valence-corrected chi connectivity index (χ1v) is 6.99. The summed E-state index contributed by atoms with van der Waals surface area (Å²) >= 11 is 0. The zero-order chi connectivity index (χ0) is 15.9. The van der Waals surface area contributed by atoms with E-state index in [4.69, 9.17) is 9.84 Å². The highest BCUT2D eigenvalue weighted by Crippen LogP contribution is 2.42. The normalized spacial score (nSPS) is 16.0. The summed E-state index contributed by atoms with van der Waals surface area (Å²) in [5.41, 5.74) is 2.92. The molecule has 5 heteroatoms. The van der Waals surface area contributed by atoms with Crippen molar-refractivity contribution in [2.45, 2.75) is 19.6 Å². The summed E-state index contributed by atoms with van der Waals surface area (Å²) in [6.07, 6.45) is -1.29. The Morgan fingerprint density at radius 1 is 1.32 bits per heavy atom. The van der Waals surface area contributed by atoms with E-state index in [0.717, 1.165) is 21.6 Å². The second-order valence-electron chi connectivity index (χ2n) is 5.40. The van der Waals surface area contributed by atoms with Gasteiger partial charge in [-0.1, -0.05) is 30.3 Å². The van der Waals surface area contributed by atoms with Crippen molar-refractivity contribution in [2.24, 2.45) is 0 Å². The number of carbonyl (C=O) groups is 1. The highest BCUT2D eigenvalue weighted by Gasteiger charge is 2.32. The zero-order valence-corrected chi connectivity index (χ0v) is 12.3. The van der Waals surface area contributed by atoms with Gasteiger partial charge in [-0.2, -0.15) is 0 Å². The molecule has 4 nitrogen and oxygen atoms in total. The summed E-state index contributed by atoms with van der Waals surface area (Å²) in [4.78, 5) is 12.2. The molecule has 0 saturated heterocycles. The maximum atomic E-state index is 14.4. The molecule has 2 aromatic carbocycles. The molecule has 0 bridgehead atoms. The first kappa shape index (κ1) is 14.4. The smallest absolute Gasteiger partial charge is 0.409 e. The highest BCUT2D eigenvalue weighted by molar-refractivity contribution is 5.76. The van der Waals surface area contributed by atoms with E-state index in [1.165, 1.54) is 13.1 Å². The molecule has 0 fully saturated rings. The lowest BCUT2D eigenvalue weighted by molar-refractivity contribution is 0.0609. The van der Waals surface area contributed by atoms with Crippen LogP contribution in [-0.4, -0.2) is 29.4 Å². The number of hydrogen-bond donors (Lipinski definition) is 1.